The topological polar surface area (TPSA) is 52.7 Å². The molecule has 110 valence electrons. The van der Waals surface area contributed by atoms with Gasteiger partial charge in [0.1, 0.15) is 6.04 Å². The van der Waals surface area contributed by atoms with Crippen molar-refractivity contribution in [3.05, 3.63) is 0 Å². The van der Waals surface area contributed by atoms with Crippen molar-refractivity contribution in [3.63, 3.8) is 0 Å². The molecule has 2 aliphatic rings. The largest absolute Gasteiger partial charge is 0.338 e. The minimum absolute atomic E-state index is 0. The van der Waals surface area contributed by atoms with Gasteiger partial charge in [0.15, 0.2) is 0 Å². The van der Waals surface area contributed by atoms with Crippen LogP contribution in [0.3, 0.4) is 0 Å². The molecule has 0 aromatic heterocycles. The lowest BCUT2D eigenvalue weighted by atomic mass is 10.0. The highest BCUT2D eigenvalue weighted by atomic mass is 35.5. The van der Waals surface area contributed by atoms with Gasteiger partial charge in [-0.1, -0.05) is 13.8 Å². The van der Waals surface area contributed by atoms with E-state index in [1.165, 1.54) is 0 Å². The first kappa shape index (κ1) is 16.2. The number of nitrogens with zero attached hydrogens (tertiary/aromatic N) is 2. The molecule has 0 aliphatic carbocycles. The number of hydrogen-bond donors (Lipinski definition) is 1. The van der Waals surface area contributed by atoms with Gasteiger partial charge in [0.05, 0.1) is 0 Å². The van der Waals surface area contributed by atoms with Gasteiger partial charge < -0.3 is 15.1 Å². The summed E-state index contributed by atoms with van der Waals surface area (Å²) in [6.07, 6.45) is 1.48. The molecule has 2 rings (SSSR count). The summed E-state index contributed by atoms with van der Waals surface area (Å²) in [6.45, 7) is 8.00. The third kappa shape index (κ3) is 3.60. The molecule has 2 fully saturated rings. The Morgan fingerprint density at radius 3 is 2.32 bits per heavy atom. The maximum Gasteiger partial charge on any atom is 0.245 e. The molecule has 19 heavy (non-hydrogen) atoms. The molecule has 0 saturated carbocycles. The first-order chi connectivity index (χ1) is 8.61. The van der Waals surface area contributed by atoms with E-state index in [-0.39, 0.29) is 36.2 Å². The van der Waals surface area contributed by atoms with Crippen LogP contribution in [0, 0.1) is 5.92 Å². The zero-order valence-electron chi connectivity index (χ0n) is 11.7. The minimum atomic E-state index is -0.266. The van der Waals surface area contributed by atoms with Crippen LogP contribution >= 0.6 is 12.4 Å². The molecule has 1 unspecified atom stereocenters. The summed E-state index contributed by atoms with van der Waals surface area (Å²) in [4.78, 5) is 28.1. The van der Waals surface area contributed by atoms with E-state index >= 15 is 0 Å². The molecule has 2 saturated heterocycles. The summed E-state index contributed by atoms with van der Waals surface area (Å²) < 4.78 is 0. The average molecular weight is 290 g/mol. The Kier molecular flexibility index (Phi) is 6.07. The summed E-state index contributed by atoms with van der Waals surface area (Å²) in [5.74, 6) is 0.438. The Labute approximate surface area is 121 Å². The number of amides is 2. The van der Waals surface area contributed by atoms with Crippen molar-refractivity contribution < 1.29 is 9.59 Å². The number of likely N-dealkylation sites (tertiary alicyclic amines) is 1. The van der Waals surface area contributed by atoms with Crippen LogP contribution in [0.4, 0.5) is 0 Å². The third-order valence-corrected chi connectivity index (χ3v) is 3.76. The number of piperazine rings is 1. The van der Waals surface area contributed by atoms with E-state index in [9.17, 15) is 9.59 Å². The minimum Gasteiger partial charge on any atom is -0.338 e. The molecule has 0 aromatic carbocycles. The molecule has 2 aliphatic heterocycles. The van der Waals surface area contributed by atoms with Crippen LogP contribution in [-0.4, -0.2) is 60.4 Å². The van der Waals surface area contributed by atoms with Crippen molar-refractivity contribution in [1.29, 1.82) is 0 Å². The Hall–Kier alpha value is -0.810. The van der Waals surface area contributed by atoms with E-state index in [1.54, 1.807) is 4.90 Å². The lowest BCUT2D eigenvalue weighted by Crippen LogP contribution is -2.56. The lowest BCUT2D eigenvalue weighted by molar-refractivity contribution is -0.145. The molecule has 5 nitrogen and oxygen atoms in total. The van der Waals surface area contributed by atoms with Crippen molar-refractivity contribution in [2.75, 3.05) is 32.7 Å². The Morgan fingerprint density at radius 1 is 1.21 bits per heavy atom. The van der Waals surface area contributed by atoms with Gasteiger partial charge in [-0.15, -0.1) is 12.4 Å². The molecule has 0 radical (unpaired) electrons. The Bertz CT molecular complexity index is 330. The van der Waals surface area contributed by atoms with Gasteiger partial charge in [-0.25, -0.2) is 0 Å². The summed E-state index contributed by atoms with van der Waals surface area (Å²) in [6, 6.07) is -0.266. The predicted octanol–water partition coefficient (Wildman–Crippen LogP) is 0.487. The van der Waals surface area contributed by atoms with Gasteiger partial charge in [-0.2, -0.15) is 0 Å². The molecular weight excluding hydrogens is 266 g/mol. The van der Waals surface area contributed by atoms with E-state index in [2.05, 4.69) is 5.32 Å². The standard InChI is InChI=1S/C13H23N3O2.ClH/c1-10(2)12(16-7-3-4-11(16)17)13(18)15-8-5-14-6-9-15;/h10,12,14H,3-9H2,1-2H3;1H. The molecule has 6 heteroatoms. The molecule has 1 atom stereocenters. The van der Waals surface area contributed by atoms with Crippen molar-refractivity contribution in [2.45, 2.75) is 32.7 Å². The molecule has 2 amide bonds. The van der Waals surface area contributed by atoms with Crippen molar-refractivity contribution in [3.8, 4) is 0 Å². The van der Waals surface area contributed by atoms with E-state index in [4.69, 9.17) is 0 Å². The first-order valence-corrected chi connectivity index (χ1v) is 6.90. The van der Waals surface area contributed by atoms with Gasteiger partial charge in [0.2, 0.25) is 11.8 Å². The number of halogens is 1. The van der Waals surface area contributed by atoms with Crippen LogP contribution in [0.5, 0.6) is 0 Å². The fourth-order valence-electron chi connectivity index (χ4n) is 2.81. The number of rotatable bonds is 3. The summed E-state index contributed by atoms with van der Waals surface area (Å²) in [5, 5.41) is 3.24. The highest BCUT2D eigenvalue weighted by Gasteiger charge is 2.37. The van der Waals surface area contributed by atoms with E-state index in [0.29, 0.717) is 6.42 Å². The second kappa shape index (κ2) is 7.10. The van der Waals surface area contributed by atoms with Crippen molar-refractivity contribution in [1.82, 2.24) is 15.1 Å². The van der Waals surface area contributed by atoms with Gasteiger partial charge in [0, 0.05) is 39.1 Å². The maximum atomic E-state index is 12.6. The van der Waals surface area contributed by atoms with Crippen LogP contribution in [0.15, 0.2) is 0 Å². The Morgan fingerprint density at radius 2 is 1.84 bits per heavy atom. The highest BCUT2D eigenvalue weighted by Crippen LogP contribution is 2.21. The second-order valence-electron chi connectivity index (χ2n) is 5.45. The zero-order valence-corrected chi connectivity index (χ0v) is 12.5. The van der Waals surface area contributed by atoms with Gasteiger partial charge in [0.25, 0.3) is 0 Å². The van der Waals surface area contributed by atoms with E-state index < -0.39 is 0 Å². The lowest BCUT2D eigenvalue weighted by Gasteiger charge is -2.36. The number of hydrogen-bond acceptors (Lipinski definition) is 3. The second-order valence-corrected chi connectivity index (χ2v) is 5.45. The quantitative estimate of drug-likeness (QED) is 0.823. The third-order valence-electron chi connectivity index (χ3n) is 3.76. The van der Waals surface area contributed by atoms with Crippen LogP contribution in [0.2, 0.25) is 0 Å². The summed E-state index contributed by atoms with van der Waals surface area (Å²) >= 11 is 0. The SMILES string of the molecule is CC(C)C(C(=O)N1CCNCC1)N1CCCC1=O.Cl. The molecule has 1 N–H and O–H groups in total. The molecule has 2 heterocycles. The predicted molar refractivity (Wildman–Crippen MR) is 76.3 cm³/mol. The van der Waals surface area contributed by atoms with Crippen LogP contribution in [0.1, 0.15) is 26.7 Å². The smallest absolute Gasteiger partial charge is 0.245 e. The molecular formula is C13H24ClN3O2. The van der Waals surface area contributed by atoms with Crippen LogP contribution in [-0.2, 0) is 9.59 Å². The number of carbonyl (C=O) groups excluding carboxylic acids is 2. The summed E-state index contributed by atoms with van der Waals surface area (Å²) in [7, 11) is 0. The normalized spacial score (nSPS) is 21.5. The highest BCUT2D eigenvalue weighted by molar-refractivity contribution is 5.89. The molecule has 0 aromatic rings. The average Bonchev–Trinajstić information content (AvgIpc) is 2.76. The molecule has 0 bridgehead atoms. The molecule has 0 spiro atoms. The zero-order chi connectivity index (χ0) is 13.1. The maximum absolute atomic E-state index is 12.6. The van der Waals surface area contributed by atoms with Gasteiger partial charge in [-0.3, -0.25) is 9.59 Å². The van der Waals surface area contributed by atoms with Crippen molar-refractivity contribution >= 4 is 24.2 Å². The van der Waals surface area contributed by atoms with E-state index in [1.807, 2.05) is 18.7 Å². The van der Waals surface area contributed by atoms with Crippen molar-refractivity contribution in [2.24, 2.45) is 5.92 Å². The summed E-state index contributed by atoms with van der Waals surface area (Å²) in [5.41, 5.74) is 0. The number of carbonyl (C=O) groups is 2. The monoisotopic (exact) mass is 289 g/mol. The fourth-order valence-corrected chi connectivity index (χ4v) is 2.81. The van der Waals surface area contributed by atoms with Crippen LogP contribution < -0.4 is 5.32 Å². The van der Waals surface area contributed by atoms with Crippen LogP contribution in [0.25, 0.3) is 0 Å². The van der Waals surface area contributed by atoms with E-state index in [0.717, 1.165) is 39.1 Å². The first-order valence-electron chi connectivity index (χ1n) is 6.90. The van der Waals surface area contributed by atoms with Gasteiger partial charge in [-0.05, 0) is 12.3 Å². The van der Waals surface area contributed by atoms with Gasteiger partial charge >= 0.3 is 0 Å². The number of nitrogens with one attached hydrogen (secondary N) is 1. The Balaban J connectivity index is 0.00000180. The fraction of sp³-hybridized carbons (Fsp3) is 0.846.